The van der Waals surface area contributed by atoms with Crippen LogP contribution in [0.1, 0.15) is 117 Å². The van der Waals surface area contributed by atoms with E-state index >= 15 is 0 Å². The van der Waals surface area contributed by atoms with Crippen molar-refractivity contribution in [3.05, 3.63) is 24.3 Å². The third-order valence-electron chi connectivity index (χ3n) is 14.7. The number of carbonyl (C=O) groups excluding carboxylic acids is 1. The van der Waals surface area contributed by atoms with Gasteiger partial charge >= 0.3 is 24.7 Å². The van der Waals surface area contributed by atoms with Crippen molar-refractivity contribution in [3.63, 3.8) is 0 Å². The van der Waals surface area contributed by atoms with Crippen LogP contribution in [-0.4, -0.2) is 63.1 Å². The molecule has 0 aromatic carbocycles. The Morgan fingerprint density at radius 2 is 1.00 bits per heavy atom. The number of fused-ring (bicyclic) bond motifs is 2. The summed E-state index contributed by atoms with van der Waals surface area (Å²) in [6.45, 7) is 4.17. The molecule has 6 aliphatic rings. The number of allylic oxidation sites excluding steroid dienone is 2. The minimum atomic E-state index is -5.83. The van der Waals surface area contributed by atoms with Crippen LogP contribution >= 0.6 is 0 Å². The summed E-state index contributed by atoms with van der Waals surface area (Å²) in [5, 5.41) is 28.8. The Morgan fingerprint density at radius 1 is 0.593 bits per heavy atom. The number of Topliss-reactive ketones (excluding diaryl/α,β-unsaturated/α-hetero) is 1. The first-order valence-corrected chi connectivity index (χ1v) is 18.8. The molecular formula is C38H50F12O4. The fourth-order valence-corrected chi connectivity index (χ4v) is 11.4. The van der Waals surface area contributed by atoms with Crippen molar-refractivity contribution in [1.82, 2.24) is 0 Å². The first kappa shape index (κ1) is 43.3. The van der Waals surface area contributed by atoms with Crippen molar-refractivity contribution in [3.8, 4) is 0 Å². The molecule has 4 nitrogen and oxygen atoms in total. The van der Waals surface area contributed by atoms with Crippen LogP contribution in [0.25, 0.3) is 0 Å². The van der Waals surface area contributed by atoms with Gasteiger partial charge in [0.15, 0.2) is 0 Å². The van der Waals surface area contributed by atoms with Gasteiger partial charge in [-0.25, -0.2) is 0 Å². The molecule has 3 N–H and O–H groups in total. The van der Waals surface area contributed by atoms with Gasteiger partial charge < -0.3 is 15.3 Å². The Balaban J connectivity index is 0.000000208. The standard InChI is InChI=1S/C19H26F6O2.C19H24F6O2/c2*1-15-7-2-4-13(26)12(15)5-6-14(15)16(10-11-16)8-3-9-17(27,18(20,21)22)19(23,24)25/h3,9,12-14,26-27H,2,4-8,10-11H2,1H3;3,9,12,14,27H,2,4-8,10-11H2,1H3/b2*9-3+/t12?,13-,14-,15-;12?,14-,15-/m00/s1. The summed E-state index contributed by atoms with van der Waals surface area (Å²) in [5.41, 5.74) is -10.7. The molecule has 0 radical (unpaired) electrons. The van der Waals surface area contributed by atoms with E-state index in [2.05, 4.69) is 13.8 Å². The first-order valence-electron chi connectivity index (χ1n) is 18.8. The molecule has 0 aromatic heterocycles. The zero-order chi connectivity index (χ0) is 40.6. The molecule has 6 aliphatic carbocycles. The molecule has 6 saturated carbocycles. The molecule has 0 bridgehead atoms. The SMILES string of the molecule is C[C@]12CCCC(=O)C1CC[C@@H]2C1(C/C=C/C(O)(C(F)(F)F)C(F)(F)F)CC1.C[C@]12CCC[C@H](O)C1CC[C@@H]2C1(C/C=C/C(O)(C(F)(F)F)C(F)(F)F)CC1. The lowest BCUT2D eigenvalue weighted by Gasteiger charge is -2.46. The van der Waals surface area contributed by atoms with Gasteiger partial charge in [-0.3, -0.25) is 4.79 Å². The second-order valence-electron chi connectivity index (χ2n) is 17.7. The van der Waals surface area contributed by atoms with Crippen LogP contribution in [0.15, 0.2) is 24.3 Å². The maximum atomic E-state index is 12.8. The number of hydrogen-bond acceptors (Lipinski definition) is 4. The Labute approximate surface area is 306 Å². The summed E-state index contributed by atoms with van der Waals surface area (Å²) >= 11 is 0. The van der Waals surface area contributed by atoms with Crippen LogP contribution in [0.5, 0.6) is 0 Å². The number of carbonyl (C=O) groups is 1. The third-order valence-corrected chi connectivity index (χ3v) is 14.7. The molecule has 0 heterocycles. The number of ketones is 1. The van der Waals surface area contributed by atoms with Crippen molar-refractivity contribution >= 4 is 5.78 Å². The van der Waals surface area contributed by atoms with Gasteiger partial charge in [-0.15, -0.1) is 0 Å². The highest BCUT2D eigenvalue weighted by Gasteiger charge is 2.70. The van der Waals surface area contributed by atoms with E-state index in [1.54, 1.807) is 0 Å². The minimum absolute atomic E-state index is 0.0417. The van der Waals surface area contributed by atoms with E-state index in [0.717, 1.165) is 95.6 Å². The van der Waals surface area contributed by atoms with Crippen molar-refractivity contribution in [1.29, 1.82) is 0 Å². The van der Waals surface area contributed by atoms with Gasteiger partial charge in [-0.1, -0.05) is 32.4 Å². The Hall–Kier alpha value is -1.81. The summed E-state index contributed by atoms with van der Waals surface area (Å²) in [6, 6.07) is 0. The normalized spacial score (nSPS) is 35.5. The average Bonchev–Trinajstić information content (AvgIpc) is 3.91. The number of aliphatic hydroxyl groups excluding tert-OH is 1. The fourth-order valence-electron chi connectivity index (χ4n) is 11.4. The minimum Gasteiger partial charge on any atom is -0.393 e. The van der Waals surface area contributed by atoms with E-state index in [0.29, 0.717) is 6.42 Å². The molecule has 6 rings (SSSR count). The quantitative estimate of drug-likeness (QED) is 0.169. The van der Waals surface area contributed by atoms with Crippen LogP contribution in [0.2, 0.25) is 0 Å². The molecular weight excluding hydrogens is 748 g/mol. The molecule has 54 heavy (non-hydrogen) atoms. The summed E-state index contributed by atoms with van der Waals surface area (Å²) < 4.78 is 154. The maximum absolute atomic E-state index is 12.8. The van der Waals surface area contributed by atoms with Gasteiger partial charge in [-0.05, 0) is 141 Å². The predicted molar refractivity (Wildman–Crippen MR) is 172 cm³/mol. The number of halogens is 12. The Kier molecular flexibility index (Phi) is 11.2. The second kappa shape index (κ2) is 13.9. The summed E-state index contributed by atoms with van der Waals surface area (Å²) in [5.74, 6) is 0.648. The van der Waals surface area contributed by atoms with E-state index in [1.165, 1.54) is 0 Å². The zero-order valence-electron chi connectivity index (χ0n) is 30.3. The lowest BCUT2D eigenvalue weighted by molar-refractivity contribution is -0.348. The van der Waals surface area contributed by atoms with Gasteiger partial charge in [0.05, 0.1) is 6.10 Å². The summed E-state index contributed by atoms with van der Waals surface area (Å²) in [7, 11) is 0. The Bertz CT molecular complexity index is 1410. The average molecular weight is 799 g/mol. The summed E-state index contributed by atoms with van der Waals surface area (Å²) in [4.78, 5) is 12.2. The fraction of sp³-hybridized carbons (Fsp3) is 0.868. The lowest BCUT2D eigenvalue weighted by Crippen LogP contribution is -2.55. The molecule has 310 valence electrons. The van der Waals surface area contributed by atoms with Gasteiger partial charge in [0, 0.05) is 12.3 Å². The molecule has 0 amide bonds. The molecule has 2 unspecified atom stereocenters. The van der Waals surface area contributed by atoms with Gasteiger partial charge in [-0.2, -0.15) is 52.7 Å². The maximum Gasteiger partial charge on any atom is 0.429 e. The highest BCUT2D eigenvalue weighted by atomic mass is 19.4. The number of rotatable bonds is 8. The number of alkyl halides is 12. The Morgan fingerprint density at radius 3 is 1.43 bits per heavy atom. The van der Waals surface area contributed by atoms with Crippen molar-refractivity contribution in [2.75, 3.05) is 0 Å². The van der Waals surface area contributed by atoms with Gasteiger partial charge in [0.2, 0.25) is 0 Å². The van der Waals surface area contributed by atoms with Crippen molar-refractivity contribution in [2.45, 2.75) is 159 Å². The van der Waals surface area contributed by atoms with Crippen molar-refractivity contribution < 1.29 is 72.8 Å². The zero-order valence-corrected chi connectivity index (χ0v) is 30.3. The molecule has 0 aliphatic heterocycles. The van der Waals surface area contributed by atoms with E-state index in [-0.39, 0.29) is 82.2 Å². The summed E-state index contributed by atoms with van der Waals surface area (Å²) in [6.07, 6.45) is -11.1. The monoisotopic (exact) mass is 798 g/mol. The van der Waals surface area contributed by atoms with E-state index in [9.17, 15) is 72.8 Å². The van der Waals surface area contributed by atoms with Gasteiger partial charge in [0.1, 0.15) is 5.78 Å². The van der Waals surface area contributed by atoms with E-state index in [4.69, 9.17) is 0 Å². The largest absolute Gasteiger partial charge is 0.429 e. The molecule has 0 aromatic rings. The van der Waals surface area contributed by atoms with Gasteiger partial charge in [0.25, 0.3) is 11.2 Å². The van der Waals surface area contributed by atoms with Crippen LogP contribution in [0, 0.1) is 45.3 Å². The molecule has 0 spiro atoms. The highest BCUT2D eigenvalue weighted by Crippen LogP contribution is 2.70. The van der Waals surface area contributed by atoms with Crippen LogP contribution < -0.4 is 0 Å². The number of hydrogen-bond donors (Lipinski definition) is 3. The molecule has 7 atom stereocenters. The number of aliphatic hydroxyl groups is 3. The highest BCUT2D eigenvalue weighted by molar-refractivity contribution is 5.83. The molecule has 0 saturated heterocycles. The van der Waals surface area contributed by atoms with E-state index in [1.807, 2.05) is 0 Å². The predicted octanol–water partition coefficient (Wildman–Crippen LogP) is 10.5. The van der Waals surface area contributed by atoms with Crippen LogP contribution in [0.4, 0.5) is 52.7 Å². The topological polar surface area (TPSA) is 77.8 Å². The van der Waals surface area contributed by atoms with E-state index < -0.39 is 35.9 Å². The molecule has 16 heteroatoms. The smallest absolute Gasteiger partial charge is 0.393 e. The second-order valence-corrected chi connectivity index (χ2v) is 17.7. The van der Waals surface area contributed by atoms with Crippen molar-refractivity contribution in [2.24, 2.45) is 45.3 Å². The van der Waals surface area contributed by atoms with Crippen LogP contribution in [0.3, 0.4) is 0 Å². The molecule has 6 fully saturated rings. The third kappa shape index (κ3) is 7.39. The van der Waals surface area contributed by atoms with Crippen LogP contribution in [-0.2, 0) is 4.79 Å². The first-order chi connectivity index (χ1) is 24.5. The lowest BCUT2D eigenvalue weighted by atomic mass is 9.60.